The third kappa shape index (κ3) is 3.70. The van der Waals surface area contributed by atoms with Crippen molar-refractivity contribution in [2.75, 3.05) is 13.1 Å². The van der Waals surface area contributed by atoms with Crippen LogP contribution in [0.1, 0.15) is 24.8 Å². The number of imidazole rings is 1. The Bertz CT molecular complexity index is 1590. The quantitative estimate of drug-likeness (QED) is 0.285. The zero-order chi connectivity index (χ0) is 24.2. The van der Waals surface area contributed by atoms with Gasteiger partial charge in [0.1, 0.15) is 11.4 Å². The maximum absolute atomic E-state index is 12.6. The van der Waals surface area contributed by atoms with Gasteiger partial charge in [-0.25, -0.2) is 4.98 Å². The van der Waals surface area contributed by atoms with E-state index in [-0.39, 0.29) is 0 Å². The summed E-state index contributed by atoms with van der Waals surface area (Å²) in [5, 5.41) is 1.11. The molecule has 1 aliphatic heterocycles. The van der Waals surface area contributed by atoms with Crippen molar-refractivity contribution in [3.8, 4) is 22.5 Å². The molecule has 180 valence electrons. The number of rotatable bonds is 5. The monoisotopic (exact) mass is 475 g/mol. The van der Waals surface area contributed by atoms with Crippen molar-refractivity contribution < 1.29 is 9.21 Å². The summed E-state index contributed by atoms with van der Waals surface area (Å²) in [6.45, 7) is 4.75. The van der Waals surface area contributed by atoms with Crippen molar-refractivity contribution in [2.45, 2.75) is 32.7 Å². The zero-order valence-electron chi connectivity index (χ0n) is 20.5. The first-order valence-electron chi connectivity index (χ1n) is 13.0. The van der Waals surface area contributed by atoms with Gasteiger partial charge < -0.3 is 13.9 Å². The predicted octanol–water partition coefficient (Wildman–Crippen LogP) is 6.68. The Morgan fingerprint density at radius 2 is 1.78 bits per heavy atom. The minimum Gasteiger partial charge on any atom is -0.464 e. The van der Waals surface area contributed by atoms with Crippen LogP contribution < -0.4 is 0 Å². The maximum Gasteiger partial charge on any atom is 0.225 e. The lowest BCUT2D eigenvalue weighted by Gasteiger charge is -2.18. The molecule has 2 aromatic heterocycles. The third-order valence-corrected chi connectivity index (χ3v) is 7.87. The third-order valence-electron chi connectivity index (χ3n) is 7.87. The van der Waals surface area contributed by atoms with E-state index in [9.17, 15) is 4.79 Å². The summed E-state index contributed by atoms with van der Waals surface area (Å²) in [7, 11) is 0. The van der Waals surface area contributed by atoms with Crippen LogP contribution in [0.5, 0.6) is 0 Å². The minimum atomic E-state index is 0.295. The molecule has 1 atom stereocenters. The highest BCUT2D eigenvalue weighted by Crippen LogP contribution is 2.35. The molecule has 0 spiro atoms. The van der Waals surface area contributed by atoms with Gasteiger partial charge in [-0.3, -0.25) is 4.79 Å². The summed E-state index contributed by atoms with van der Waals surface area (Å²) >= 11 is 0. The van der Waals surface area contributed by atoms with Crippen molar-refractivity contribution in [3.05, 3.63) is 78.6 Å². The highest BCUT2D eigenvalue weighted by atomic mass is 16.3. The molecule has 1 aliphatic carbocycles. The fraction of sp³-hybridized carbons (Fsp3) is 0.290. The lowest BCUT2D eigenvalue weighted by Crippen LogP contribution is -2.30. The lowest BCUT2D eigenvalue weighted by atomic mass is 10.0. The van der Waals surface area contributed by atoms with E-state index < -0.39 is 0 Å². The molecule has 5 heteroatoms. The van der Waals surface area contributed by atoms with Gasteiger partial charge in [-0.15, -0.1) is 0 Å². The van der Waals surface area contributed by atoms with Gasteiger partial charge in [0.2, 0.25) is 5.91 Å². The zero-order valence-corrected chi connectivity index (χ0v) is 20.5. The molecule has 1 amide bonds. The number of aryl methyl sites for hydroxylation is 1. The minimum absolute atomic E-state index is 0.295. The molecule has 36 heavy (non-hydrogen) atoms. The van der Waals surface area contributed by atoms with E-state index in [1.54, 1.807) is 6.26 Å². The number of fused-ring (bicyclic) bond motifs is 2. The SMILES string of the molecule is Cc1cccc2c1nc(-c1ccc(-c3ccc4occc4c3)cc1)n2CC1CCN(C(=O)C2CC2)C1. The highest BCUT2D eigenvalue weighted by Gasteiger charge is 2.36. The molecular formula is C31H29N3O2. The number of likely N-dealkylation sites (tertiary alicyclic amines) is 1. The van der Waals surface area contributed by atoms with Crippen LogP contribution in [0, 0.1) is 18.8 Å². The van der Waals surface area contributed by atoms with Gasteiger partial charge in [-0.1, -0.05) is 42.5 Å². The molecule has 3 aromatic carbocycles. The number of benzene rings is 3. The Kier molecular flexibility index (Phi) is 4.98. The number of hydrogen-bond donors (Lipinski definition) is 0. The molecule has 2 aliphatic rings. The number of hydrogen-bond acceptors (Lipinski definition) is 3. The summed E-state index contributed by atoms with van der Waals surface area (Å²) < 4.78 is 7.87. The molecule has 0 radical (unpaired) electrons. The number of carbonyl (C=O) groups excluding carboxylic acids is 1. The highest BCUT2D eigenvalue weighted by molar-refractivity contribution is 5.86. The predicted molar refractivity (Wildman–Crippen MR) is 143 cm³/mol. The fourth-order valence-corrected chi connectivity index (χ4v) is 5.68. The van der Waals surface area contributed by atoms with Crippen molar-refractivity contribution in [3.63, 3.8) is 0 Å². The second kappa shape index (κ2) is 8.37. The van der Waals surface area contributed by atoms with Gasteiger partial charge in [-0.2, -0.15) is 0 Å². The Balaban J connectivity index is 1.22. The number of amides is 1. The summed E-state index contributed by atoms with van der Waals surface area (Å²) in [4.78, 5) is 19.8. The van der Waals surface area contributed by atoms with Crippen molar-refractivity contribution in [1.29, 1.82) is 0 Å². The van der Waals surface area contributed by atoms with E-state index in [2.05, 4.69) is 71.0 Å². The lowest BCUT2D eigenvalue weighted by molar-refractivity contribution is -0.131. The number of para-hydroxylation sites is 1. The van der Waals surface area contributed by atoms with Crippen LogP contribution >= 0.6 is 0 Å². The van der Waals surface area contributed by atoms with E-state index in [1.165, 1.54) is 22.2 Å². The average Bonchev–Trinajstić information content (AvgIpc) is 3.30. The number of furan rings is 1. The largest absolute Gasteiger partial charge is 0.464 e. The normalized spacial score (nSPS) is 17.9. The molecule has 5 aromatic rings. The first-order chi connectivity index (χ1) is 17.6. The molecule has 1 saturated carbocycles. The van der Waals surface area contributed by atoms with Crippen LogP contribution in [0.4, 0.5) is 0 Å². The van der Waals surface area contributed by atoms with Crippen LogP contribution in [0.25, 0.3) is 44.5 Å². The van der Waals surface area contributed by atoms with Crippen LogP contribution in [-0.4, -0.2) is 33.4 Å². The number of carbonyl (C=O) groups is 1. The van der Waals surface area contributed by atoms with Crippen molar-refractivity contribution >= 4 is 27.9 Å². The average molecular weight is 476 g/mol. The summed E-state index contributed by atoms with van der Waals surface area (Å²) in [5.74, 6) is 2.12. The molecule has 0 bridgehead atoms. The van der Waals surface area contributed by atoms with E-state index in [4.69, 9.17) is 9.40 Å². The van der Waals surface area contributed by atoms with Crippen molar-refractivity contribution in [1.82, 2.24) is 14.5 Å². The van der Waals surface area contributed by atoms with Crippen LogP contribution in [0.15, 0.2) is 77.4 Å². The Morgan fingerprint density at radius 3 is 2.61 bits per heavy atom. The number of nitrogens with zero attached hydrogens (tertiary/aromatic N) is 3. The molecule has 1 unspecified atom stereocenters. The van der Waals surface area contributed by atoms with Gasteiger partial charge >= 0.3 is 0 Å². The summed E-state index contributed by atoms with van der Waals surface area (Å²) in [5.41, 5.74) is 7.79. The molecule has 5 nitrogen and oxygen atoms in total. The standard InChI is InChI=1S/C31H29N3O2/c1-20-3-2-4-27-29(20)32-30(34(27)19-21-13-15-33(18-21)31(35)24-9-10-24)23-7-5-22(6-8-23)25-11-12-28-26(17-25)14-16-36-28/h2-8,11-12,14,16-17,21,24H,9-10,13,15,18-19H2,1H3. The first-order valence-corrected chi connectivity index (χ1v) is 13.0. The van der Waals surface area contributed by atoms with Crippen molar-refractivity contribution in [2.24, 2.45) is 11.8 Å². The Labute approximate surface area is 210 Å². The van der Waals surface area contributed by atoms with E-state index in [0.717, 1.165) is 66.8 Å². The van der Waals surface area contributed by atoms with Gasteiger partial charge in [0.05, 0.1) is 17.3 Å². The second-order valence-electron chi connectivity index (χ2n) is 10.5. The molecule has 0 N–H and O–H groups in total. The topological polar surface area (TPSA) is 51.3 Å². The molecule has 3 heterocycles. The van der Waals surface area contributed by atoms with Gasteiger partial charge in [0.15, 0.2) is 0 Å². The summed E-state index contributed by atoms with van der Waals surface area (Å²) in [6.07, 6.45) is 4.93. The fourth-order valence-electron chi connectivity index (χ4n) is 5.68. The molecule has 7 rings (SSSR count). The van der Waals surface area contributed by atoms with Crippen LogP contribution in [-0.2, 0) is 11.3 Å². The van der Waals surface area contributed by atoms with Crippen LogP contribution in [0.2, 0.25) is 0 Å². The first kappa shape index (κ1) is 21.4. The molecule has 1 saturated heterocycles. The van der Waals surface area contributed by atoms with E-state index in [1.807, 2.05) is 12.1 Å². The Hall–Kier alpha value is -3.86. The van der Waals surface area contributed by atoms with Gasteiger partial charge in [-0.05, 0) is 73.1 Å². The van der Waals surface area contributed by atoms with Gasteiger partial charge in [0.25, 0.3) is 0 Å². The second-order valence-corrected chi connectivity index (χ2v) is 10.5. The maximum atomic E-state index is 12.6. The summed E-state index contributed by atoms with van der Waals surface area (Å²) in [6, 6.07) is 23.4. The van der Waals surface area contributed by atoms with Gasteiger partial charge in [0, 0.05) is 36.5 Å². The Morgan fingerprint density at radius 1 is 0.972 bits per heavy atom. The van der Waals surface area contributed by atoms with E-state index >= 15 is 0 Å². The number of aromatic nitrogens is 2. The smallest absolute Gasteiger partial charge is 0.225 e. The molecular weight excluding hydrogens is 446 g/mol. The van der Waals surface area contributed by atoms with Crippen LogP contribution in [0.3, 0.4) is 0 Å². The van der Waals surface area contributed by atoms with E-state index in [0.29, 0.717) is 17.7 Å². The molecule has 2 fully saturated rings.